The van der Waals surface area contributed by atoms with Gasteiger partial charge in [-0.1, -0.05) is 13.3 Å². The molecule has 0 spiro atoms. The summed E-state index contributed by atoms with van der Waals surface area (Å²) in [7, 11) is 1.59. The van der Waals surface area contributed by atoms with Gasteiger partial charge in [0.25, 0.3) is 0 Å². The molecule has 1 atom stereocenters. The van der Waals surface area contributed by atoms with Crippen LogP contribution in [0.25, 0.3) is 0 Å². The fourth-order valence-electron chi connectivity index (χ4n) is 2.82. The monoisotopic (exact) mass is 299 g/mol. The van der Waals surface area contributed by atoms with Crippen LogP contribution in [0.5, 0.6) is 0 Å². The van der Waals surface area contributed by atoms with Crippen molar-refractivity contribution in [3.8, 4) is 0 Å². The van der Waals surface area contributed by atoms with E-state index < -0.39 is 6.04 Å². The van der Waals surface area contributed by atoms with E-state index in [2.05, 4.69) is 22.9 Å². The van der Waals surface area contributed by atoms with Crippen LogP contribution in [0.3, 0.4) is 0 Å². The summed E-state index contributed by atoms with van der Waals surface area (Å²) >= 11 is 0. The highest BCUT2D eigenvalue weighted by molar-refractivity contribution is 5.89. The molecule has 6 nitrogen and oxygen atoms in total. The van der Waals surface area contributed by atoms with Gasteiger partial charge >= 0.3 is 0 Å². The molecule has 1 aliphatic rings. The second-order valence-electron chi connectivity index (χ2n) is 5.76. The number of nitrogens with one attached hydrogen (secondary N) is 3. The zero-order valence-corrected chi connectivity index (χ0v) is 13.5. The minimum absolute atomic E-state index is 0.0141. The van der Waals surface area contributed by atoms with E-state index in [1.807, 2.05) is 0 Å². The number of carbonyl (C=O) groups excluding carboxylic acids is 2. The lowest BCUT2D eigenvalue weighted by Gasteiger charge is -2.36. The molecule has 0 aromatic carbocycles. The summed E-state index contributed by atoms with van der Waals surface area (Å²) in [5.41, 5.74) is -0.318. The topological polar surface area (TPSA) is 79.5 Å². The average molecular weight is 299 g/mol. The zero-order valence-electron chi connectivity index (χ0n) is 13.5. The highest BCUT2D eigenvalue weighted by atomic mass is 16.5. The molecule has 2 amide bonds. The fourth-order valence-corrected chi connectivity index (χ4v) is 2.82. The maximum absolute atomic E-state index is 12.6. The SMILES string of the molecule is CCCC1(C(=O)NC(C)C(=O)NCCOC)CCNCC1. The van der Waals surface area contributed by atoms with Crippen molar-refractivity contribution in [1.29, 1.82) is 0 Å². The highest BCUT2D eigenvalue weighted by Crippen LogP contribution is 2.34. The molecule has 0 aromatic heterocycles. The molecule has 0 aliphatic carbocycles. The smallest absolute Gasteiger partial charge is 0.242 e. The van der Waals surface area contributed by atoms with E-state index in [1.165, 1.54) is 0 Å². The minimum Gasteiger partial charge on any atom is -0.383 e. The number of hydrogen-bond donors (Lipinski definition) is 3. The van der Waals surface area contributed by atoms with E-state index in [-0.39, 0.29) is 17.2 Å². The van der Waals surface area contributed by atoms with Crippen LogP contribution < -0.4 is 16.0 Å². The maximum atomic E-state index is 12.6. The molecule has 0 aromatic rings. The summed E-state index contributed by atoms with van der Waals surface area (Å²) in [5.74, 6) is -0.152. The van der Waals surface area contributed by atoms with Crippen LogP contribution in [-0.2, 0) is 14.3 Å². The van der Waals surface area contributed by atoms with Crippen molar-refractivity contribution >= 4 is 11.8 Å². The predicted molar refractivity (Wildman–Crippen MR) is 81.9 cm³/mol. The molecule has 1 unspecified atom stereocenters. The number of hydrogen-bond acceptors (Lipinski definition) is 4. The van der Waals surface area contributed by atoms with E-state index in [1.54, 1.807) is 14.0 Å². The largest absolute Gasteiger partial charge is 0.383 e. The summed E-state index contributed by atoms with van der Waals surface area (Å²) in [6, 6.07) is -0.516. The molecule has 1 fully saturated rings. The molecule has 0 radical (unpaired) electrons. The van der Waals surface area contributed by atoms with Gasteiger partial charge in [-0.2, -0.15) is 0 Å². The first-order valence-electron chi connectivity index (χ1n) is 7.84. The Balaban J connectivity index is 2.53. The highest BCUT2D eigenvalue weighted by Gasteiger charge is 2.39. The van der Waals surface area contributed by atoms with Crippen molar-refractivity contribution in [1.82, 2.24) is 16.0 Å². The van der Waals surface area contributed by atoms with Crippen molar-refractivity contribution in [2.24, 2.45) is 5.41 Å². The van der Waals surface area contributed by atoms with E-state index in [9.17, 15) is 9.59 Å². The Kier molecular flexibility index (Phi) is 7.67. The second kappa shape index (κ2) is 9.00. The van der Waals surface area contributed by atoms with Crippen molar-refractivity contribution in [3.05, 3.63) is 0 Å². The van der Waals surface area contributed by atoms with Crippen LogP contribution in [0, 0.1) is 5.41 Å². The lowest BCUT2D eigenvalue weighted by atomic mass is 9.74. The van der Waals surface area contributed by atoms with Gasteiger partial charge in [0.1, 0.15) is 6.04 Å². The first kappa shape index (κ1) is 17.9. The molecule has 6 heteroatoms. The van der Waals surface area contributed by atoms with Crippen molar-refractivity contribution in [2.75, 3.05) is 33.4 Å². The summed E-state index contributed by atoms with van der Waals surface area (Å²) in [4.78, 5) is 24.5. The molecular formula is C15H29N3O3. The van der Waals surface area contributed by atoms with Crippen LogP contribution in [0.2, 0.25) is 0 Å². The molecule has 3 N–H and O–H groups in total. The Hall–Kier alpha value is -1.14. The summed E-state index contributed by atoms with van der Waals surface area (Å²) < 4.78 is 4.89. The number of ether oxygens (including phenoxy) is 1. The lowest BCUT2D eigenvalue weighted by molar-refractivity contribution is -0.136. The number of piperidine rings is 1. The molecule has 1 aliphatic heterocycles. The number of amides is 2. The Morgan fingerprint density at radius 3 is 2.57 bits per heavy atom. The van der Waals surface area contributed by atoms with Gasteiger partial charge in [-0.05, 0) is 39.3 Å². The third-order valence-corrected chi connectivity index (χ3v) is 4.12. The lowest BCUT2D eigenvalue weighted by Crippen LogP contribution is -2.53. The maximum Gasteiger partial charge on any atom is 0.242 e. The molecule has 1 heterocycles. The standard InChI is InChI=1S/C15H29N3O3/c1-4-5-15(6-8-16-9-7-15)14(20)18-12(2)13(19)17-10-11-21-3/h12,16H,4-11H2,1-3H3,(H,17,19)(H,18,20). The van der Waals surface area contributed by atoms with E-state index >= 15 is 0 Å². The average Bonchev–Trinajstić information content (AvgIpc) is 2.48. The molecule has 0 bridgehead atoms. The minimum atomic E-state index is -0.516. The van der Waals surface area contributed by atoms with Gasteiger partial charge < -0.3 is 20.7 Å². The summed E-state index contributed by atoms with van der Waals surface area (Å²) in [6.07, 6.45) is 3.52. The number of carbonyl (C=O) groups is 2. The second-order valence-corrected chi connectivity index (χ2v) is 5.76. The van der Waals surface area contributed by atoms with E-state index in [0.717, 1.165) is 38.8 Å². The fraction of sp³-hybridized carbons (Fsp3) is 0.867. The summed E-state index contributed by atoms with van der Waals surface area (Å²) in [5, 5.41) is 8.92. The first-order valence-corrected chi connectivity index (χ1v) is 7.84. The number of methoxy groups -OCH3 is 1. The van der Waals surface area contributed by atoms with Crippen molar-refractivity contribution in [2.45, 2.75) is 45.6 Å². The van der Waals surface area contributed by atoms with Gasteiger partial charge in [0.15, 0.2) is 0 Å². The van der Waals surface area contributed by atoms with Crippen LogP contribution in [-0.4, -0.2) is 51.2 Å². The van der Waals surface area contributed by atoms with Crippen molar-refractivity contribution < 1.29 is 14.3 Å². The van der Waals surface area contributed by atoms with Gasteiger partial charge in [0.2, 0.25) is 11.8 Å². The Labute approximate surface area is 127 Å². The third kappa shape index (κ3) is 5.28. The predicted octanol–water partition coefficient (Wildman–Crippen LogP) is 0.424. The zero-order chi connectivity index (χ0) is 15.7. The van der Waals surface area contributed by atoms with Crippen LogP contribution >= 0.6 is 0 Å². The quantitative estimate of drug-likeness (QED) is 0.568. The van der Waals surface area contributed by atoms with Crippen LogP contribution in [0.15, 0.2) is 0 Å². The van der Waals surface area contributed by atoms with Crippen LogP contribution in [0.1, 0.15) is 39.5 Å². The molecular weight excluding hydrogens is 270 g/mol. The van der Waals surface area contributed by atoms with Crippen LogP contribution in [0.4, 0.5) is 0 Å². The van der Waals surface area contributed by atoms with Gasteiger partial charge in [0.05, 0.1) is 12.0 Å². The third-order valence-electron chi connectivity index (χ3n) is 4.12. The first-order chi connectivity index (χ1) is 10.1. The molecule has 1 rings (SSSR count). The number of rotatable bonds is 8. The van der Waals surface area contributed by atoms with Gasteiger partial charge in [-0.25, -0.2) is 0 Å². The Morgan fingerprint density at radius 2 is 2.00 bits per heavy atom. The molecule has 21 heavy (non-hydrogen) atoms. The molecule has 1 saturated heterocycles. The van der Waals surface area contributed by atoms with Gasteiger partial charge in [-0.3, -0.25) is 9.59 Å². The van der Waals surface area contributed by atoms with Gasteiger partial charge in [-0.15, -0.1) is 0 Å². The van der Waals surface area contributed by atoms with Crippen molar-refractivity contribution in [3.63, 3.8) is 0 Å². The molecule has 0 saturated carbocycles. The normalized spacial score (nSPS) is 18.8. The van der Waals surface area contributed by atoms with E-state index in [0.29, 0.717) is 13.2 Å². The van der Waals surface area contributed by atoms with E-state index in [4.69, 9.17) is 4.74 Å². The Bertz CT molecular complexity index is 336. The summed E-state index contributed by atoms with van der Waals surface area (Å²) in [6.45, 7) is 6.47. The molecule has 122 valence electrons. The Morgan fingerprint density at radius 1 is 1.33 bits per heavy atom. The van der Waals surface area contributed by atoms with Gasteiger partial charge in [0, 0.05) is 13.7 Å².